The van der Waals surface area contributed by atoms with Crippen molar-refractivity contribution >= 4 is 23.5 Å². The van der Waals surface area contributed by atoms with Gasteiger partial charge < -0.3 is 9.47 Å². The van der Waals surface area contributed by atoms with Crippen LogP contribution in [0.5, 0.6) is 0 Å². The van der Waals surface area contributed by atoms with Crippen LogP contribution in [0.2, 0.25) is 0 Å². The van der Waals surface area contributed by atoms with Gasteiger partial charge in [0.15, 0.2) is 0 Å². The molecule has 0 N–H and O–H groups in total. The van der Waals surface area contributed by atoms with Crippen LogP contribution in [0.1, 0.15) is 13.8 Å². The number of halogens is 2. The molecule has 0 heterocycles. The van der Waals surface area contributed by atoms with Crippen LogP contribution >= 0.6 is 11.6 Å². The van der Waals surface area contributed by atoms with Gasteiger partial charge in [-0.05, 0) is 0 Å². The average molecular weight is 239 g/mol. The summed E-state index contributed by atoms with van der Waals surface area (Å²) in [6, 6.07) is 0. The zero-order valence-electron chi connectivity index (χ0n) is 8.46. The van der Waals surface area contributed by atoms with Crippen molar-refractivity contribution in [3.05, 3.63) is 12.7 Å². The van der Waals surface area contributed by atoms with Crippen molar-refractivity contribution < 1.29 is 23.5 Å². The Labute approximate surface area is 92.0 Å². The molecule has 0 aromatic heterocycles. The Kier molecular flexibility index (Phi) is 5.28. The van der Waals surface area contributed by atoms with Gasteiger partial charge in [0.25, 0.3) is 5.79 Å². The zero-order valence-corrected chi connectivity index (χ0v) is 9.21. The van der Waals surface area contributed by atoms with Gasteiger partial charge in [-0.25, -0.2) is 14.0 Å². The Morgan fingerprint density at radius 3 is 2.47 bits per heavy atom. The number of alkyl halides is 2. The van der Waals surface area contributed by atoms with E-state index < -0.39 is 29.8 Å². The van der Waals surface area contributed by atoms with E-state index in [0.29, 0.717) is 0 Å². The van der Waals surface area contributed by atoms with Gasteiger partial charge >= 0.3 is 11.9 Å². The Morgan fingerprint density at radius 1 is 1.53 bits per heavy atom. The Hall–Kier alpha value is -1.10. The van der Waals surface area contributed by atoms with Crippen molar-refractivity contribution in [3.8, 4) is 0 Å². The maximum atomic E-state index is 12.7. The van der Waals surface area contributed by atoms with Crippen molar-refractivity contribution in [2.24, 2.45) is 0 Å². The number of rotatable bonds is 5. The van der Waals surface area contributed by atoms with Crippen molar-refractivity contribution in [1.82, 2.24) is 0 Å². The van der Waals surface area contributed by atoms with Crippen LogP contribution in [-0.4, -0.2) is 29.8 Å². The van der Waals surface area contributed by atoms with Crippen LogP contribution in [0.3, 0.4) is 0 Å². The summed E-state index contributed by atoms with van der Waals surface area (Å²) in [5.41, 5.74) is 0. The fourth-order valence-electron chi connectivity index (χ4n) is 0.674. The smallest absolute Gasteiger partial charge is 0.345 e. The van der Waals surface area contributed by atoms with E-state index in [0.717, 1.165) is 6.08 Å². The summed E-state index contributed by atoms with van der Waals surface area (Å²) >= 11 is 5.11. The van der Waals surface area contributed by atoms with Crippen molar-refractivity contribution in [3.63, 3.8) is 0 Å². The molecule has 6 heteroatoms. The SMILES string of the molecule is C=CC(=O)OC(C)(C)OC(=O)C(F)CCl. The van der Waals surface area contributed by atoms with Gasteiger partial charge in [-0.15, -0.1) is 11.6 Å². The molecule has 0 bridgehead atoms. The van der Waals surface area contributed by atoms with E-state index in [1.807, 2.05) is 0 Å². The van der Waals surface area contributed by atoms with Gasteiger partial charge in [0.1, 0.15) is 0 Å². The van der Waals surface area contributed by atoms with Crippen LogP contribution in [0.4, 0.5) is 4.39 Å². The summed E-state index contributed by atoms with van der Waals surface area (Å²) in [4.78, 5) is 21.8. The number of carbonyl (C=O) groups excluding carboxylic acids is 2. The second-order valence-corrected chi connectivity index (χ2v) is 3.38. The molecule has 0 radical (unpaired) electrons. The Balaban J connectivity index is 4.30. The quantitative estimate of drug-likeness (QED) is 0.316. The molecule has 0 aliphatic rings. The number of esters is 2. The Bertz CT molecular complexity index is 265. The van der Waals surface area contributed by atoms with Crippen LogP contribution < -0.4 is 0 Å². The first-order chi connectivity index (χ1) is 6.82. The molecule has 0 amide bonds. The fourth-order valence-corrected chi connectivity index (χ4v) is 0.800. The number of carbonyl (C=O) groups is 2. The maximum Gasteiger partial charge on any atom is 0.345 e. The number of hydrogen-bond donors (Lipinski definition) is 0. The lowest BCUT2D eigenvalue weighted by Crippen LogP contribution is -2.36. The highest BCUT2D eigenvalue weighted by Crippen LogP contribution is 2.14. The fraction of sp³-hybridized carbons (Fsp3) is 0.556. The van der Waals surface area contributed by atoms with Crippen molar-refractivity contribution in [2.75, 3.05) is 5.88 Å². The van der Waals surface area contributed by atoms with Crippen molar-refractivity contribution in [1.29, 1.82) is 0 Å². The molecule has 0 aliphatic heterocycles. The highest BCUT2D eigenvalue weighted by Gasteiger charge is 2.30. The van der Waals surface area contributed by atoms with Gasteiger partial charge in [0, 0.05) is 19.9 Å². The zero-order chi connectivity index (χ0) is 12.1. The van der Waals surface area contributed by atoms with Gasteiger partial charge in [-0.2, -0.15) is 0 Å². The molecule has 86 valence electrons. The molecule has 0 spiro atoms. The first-order valence-corrected chi connectivity index (χ1v) is 4.64. The summed E-state index contributed by atoms with van der Waals surface area (Å²) in [5, 5.41) is 0. The largest absolute Gasteiger partial charge is 0.421 e. The Morgan fingerprint density at radius 2 is 2.07 bits per heavy atom. The summed E-state index contributed by atoms with van der Waals surface area (Å²) in [5.74, 6) is -4.00. The molecule has 0 aliphatic carbocycles. The summed E-state index contributed by atoms with van der Waals surface area (Å²) < 4.78 is 21.9. The van der Waals surface area contributed by atoms with Crippen LogP contribution in [0.25, 0.3) is 0 Å². The third-order valence-corrected chi connectivity index (χ3v) is 1.52. The first kappa shape index (κ1) is 13.9. The molecule has 0 aromatic carbocycles. The standard InChI is InChI=1S/C9H12ClFO4/c1-4-7(12)14-9(2,3)15-8(13)6(11)5-10/h4,6H,1,5H2,2-3H3. The molecule has 0 aromatic rings. The van der Waals surface area contributed by atoms with Crippen LogP contribution in [0, 0.1) is 0 Å². The third kappa shape index (κ3) is 5.37. The second kappa shape index (κ2) is 5.70. The van der Waals surface area contributed by atoms with Crippen molar-refractivity contribution in [2.45, 2.75) is 25.8 Å². The summed E-state index contributed by atoms with van der Waals surface area (Å²) in [6.45, 7) is 5.76. The number of ether oxygens (including phenoxy) is 2. The van der Waals surface area contributed by atoms with Gasteiger partial charge in [0.2, 0.25) is 6.17 Å². The van der Waals surface area contributed by atoms with E-state index in [9.17, 15) is 14.0 Å². The second-order valence-electron chi connectivity index (χ2n) is 3.07. The molecule has 0 saturated heterocycles. The molecule has 0 rings (SSSR count). The molecular formula is C9H12ClFO4. The lowest BCUT2D eigenvalue weighted by Gasteiger charge is -2.24. The van der Waals surface area contributed by atoms with E-state index in [4.69, 9.17) is 11.6 Å². The molecule has 0 fully saturated rings. The molecule has 4 nitrogen and oxygen atoms in total. The van der Waals surface area contributed by atoms with E-state index in [1.54, 1.807) is 0 Å². The summed E-state index contributed by atoms with van der Waals surface area (Å²) in [7, 11) is 0. The van der Waals surface area contributed by atoms with E-state index in [-0.39, 0.29) is 0 Å². The summed E-state index contributed by atoms with van der Waals surface area (Å²) in [6.07, 6.45) is -1.03. The minimum Gasteiger partial charge on any atom is -0.421 e. The highest BCUT2D eigenvalue weighted by atomic mass is 35.5. The average Bonchev–Trinajstić information content (AvgIpc) is 2.14. The first-order valence-electron chi connectivity index (χ1n) is 4.10. The van der Waals surface area contributed by atoms with Crippen LogP contribution in [0.15, 0.2) is 12.7 Å². The van der Waals surface area contributed by atoms with E-state index >= 15 is 0 Å². The molecule has 1 unspecified atom stereocenters. The lowest BCUT2D eigenvalue weighted by atomic mass is 10.3. The molecule has 15 heavy (non-hydrogen) atoms. The maximum absolute atomic E-state index is 12.7. The van der Waals surface area contributed by atoms with Crippen LogP contribution in [-0.2, 0) is 19.1 Å². The minimum absolute atomic E-state index is 0.510. The molecule has 0 saturated carbocycles. The minimum atomic E-state index is -1.94. The predicted molar refractivity (Wildman–Crippen MR) is 52.1 cm³/mol. The topological polar surface area (TPSA) is 52.6 Å². The van der Waals surface area contributed by atoms with Gasteiger partial charge in [-0.3, -0.25) is 0 Å². The normalized spacial score (nSPS) is 12.8. The number of hydrogen-bond acceptors (Lipinski definition) is 4. The highest BCUT2D eigenvalue weighted by molar-refractivity contribution is 6.19. The van der Waals surface area contributed by atoms with E-state index in [1.165, 1.54) is 13.8 Å². The predicted octanol–water partition coefficient (Wildman–Crippen LogP) is 1.57. The monoisotopic (exact) mass is 238 g/mol. The molecular weight excluding hydrogens is 227 g/mol. The molecule has 1 atom stereocenters. The lowest BCUT2D eigenvalue weighted by molar-refractivity contribution is -0.215. The van der Waals surface area contributed by atoms with E-state index in [2.05, 4.69) is 16.1 Å². The third-order valence-electron chi connectivity index (χ3n) is 1.25. The van der Waals surface area contributed by atoms with Gasteiger partial charge in [0.05, 0.1) is 5.88 Å². The van der Waals surface area contributed by atoms with Gasteiger partial charge in [-0.1, -0.05) is 6.58 Å².